The molecule has 20 heavy (non-hydrogen) atoms. The van der Waals surface area contributed by atoms with Crippen molar-refractivity contribution in [3.8, 4) is 0 Å². The van der Waals surface area contributed by atoms with Crippen LogP contribution < -0.4 is 10.5 Å². The summed E-state index contributed by atoms with van der Waals surface area (Å²) in [5, 5.41) is 0.292. The molecular formula is C13H11ClN2O3S. The van der Waals surface area contributed by atoms with E-state index < -0.39 is 15.9 Å². The minimum Gasteiger partial charge on any atom is -0.366 e. The SMILES string of the molecule is NC(=O)c1ccc(Cl)cc1NS(=O)(=O)c1ccccc1. The first-order valence-corrected chi connectivity index (χ1v) is 7.43. The Morgan fingerprint density at radius 2 is 1.75 bits per heavy atom. The topological polar surface area (TPSA) is 89.3 Å². The molecule has 0 aromatic heterocycles. The number of carbonyl (C=O) groups is 1. The van der Waals surface area contributed by atoms with E-state index in [2.05, 4.69) is 4.72 Å². The number of sulfonamides is 1. The van der Waals surface area contributed by atoms with Gasteiger partial charge in [0, 0.05) is 5.02 Å². The van der Waals surface area contributed by atoms with Crippen LogP contribution in [0.1, 0.15) is 10.4 Å². The minimum atomic E-state index is -3.80. The highest BCUT2D eigenvalue weighted by Gasteiger charge is 2.17. The van der Waals surface area contributed by atoms with Crippen LogP contribution in [0.2, 0.25) is 5.02 Å². The third-order valence-electron chi connectivity index (χ3n) is 2.54. The van der Waals surface area contributed by atoms with Crippen molar-refractivity contribution in [1.29, 1.82) is 0 Å². The van der Waals surface area contributed by atoms with Gasteiger partial charge in [-0.3, -0.25) is 9.52 Å². The number of hydrogen-bond donors (Lipinski definition) is 2. The number of nitrogens with two attached hydrogens (primary N) is 1. The maximum absolute atomic E-state index is 12.2. The van der Waals surface area contributed by atoms with E-state index >= 15 is 0 Å². The monoisotopic (exact) mass is 310 g/mol. The zero-order valence-electron chi connectivity index (χ0n) is 10.2. The van der Waals surface area contributed by atoms with E-state index in [9.17, 15) is 13.2 Å². The molecule has 0 spiro atoms. The largest absolute Gasteiger partial charge is 0.366 e. The van der Waals surface area contributed by atoms with Crippen molar-refractivity contribution in [2.75, 3.05) is 4.72 Å². The summed E-state index contributed by atoms with van der Waals surface area (Å²) >= 11 is 5.81. The molecule has 0 radical (unpaired) electrons. The fourth-order valence-electron chi connectivity index (χ4n) is 1.62. The molecule has 104 valence electrons. The standard InChI is InChI=1S/C13H11ClN2O3S/c14-9-6-7-11(13(15)17)12(8-9)16-20(18,19)10-4-2-1-3-5-10/h1-8,16H,(H2,15,17). The normalized spacial score (nSPS) is 11.1. The number of rotatable bonds is 4. The van der Waals surface area contributed by atoms with Crippen LogP contribution in [-0.2, 0) is 10.0 Å². The molecule has 0 heterocycles. The predicted molar refractivity (Wildman–Crippen MR) is 77.2 cm³/mol. The quantitative estimate of drug-likeness (QED) is 0.907. The Kier molecular flexibility index (Phi) is 3.96. The van der Waals surface area contributed by atoms with E-state index in [4.69, 9.17) is 17.3 Å². The number of nitrogens with one attached hydrogen (secondary N) is 1. The van der Waals surface area contributed by atoms with Crippen LogP contribution in [0.5, 0.6) is 0 Å². The van der Waals surface area contributed by atoms with Crippen molar-refractivity contribution >= 4 is 33.2 Å². The molecule has 2 aromatic rings. The Balaban J connectivity index is 2.44. The summed E-state index contributed by atoms with van der Waals surface area (Å²) < 4.78 is 26.7. The highest BCUT2D eigenvalue weighted by molar-refractivity contribution is 7.92. The third-order valence-corrected chi connectivity index (χ3v) is 4.16. The van der Waals surface area contributed by atoms with E-state index in [0.29, 0.717) is 5.02 Å². The number of benzene rings is 2. The molecule has 1 amide bonds. The molecule has 3 N–H and O–H groups in total. The van der Waals surface area contributed by atoms with Crippen LogP contribution in [0, 0.1) is 0 Å². The number of primary amides is 1. The summed E-state index contributed by atoms with van der Waals surface area (Å²) in [6, 6.07) is 11.9. The number of anilines is 1. The van der Waals surface area contributed by atoms with Crippen LogP contribution in [0.25, 0.3) is 0 Å². The molecule has 0 aliphatic heterocycles. The van der Waals surface area contributed by atoms with Crippen molar-refractivity contribution in [1.82, 2.24) is 0 Å². The molecule has 0 bridgehead atoms. The summed E-state index contributed by atoms with van der Waals surface area (Å²) in [6.45, 7) is 0. The van der Waals surface area contributed by atoms with Crippen molar-refractivity contribution in [3.63, 3.8) is 0 Å². The lowest BCUT2D eigenvalue weighted by atomic mass is 10.2. The zero-order chi connectivity index (χ0) is 14.8. The predicted octanol–water partition coefficient (Wildman–Crippen LogP) is 2.24. The van der Waals surface area contributed by atoms with Crippen LogP contribution in [-0.4, -0.2) is 14.3 Å². The van der Waals surface area contributed by atoms with Gasteiger partial charge in [0.15, 0.2) is 0 Å². The Morgan fingerprint density at radius 3 is 2.35 bits per heavy atom. The van der Waals surface area contributed by atoms with Gasteiger partial charge in [-0.1, -0.05) is 29.8 Å². The Labute approximate surface area is 121 Å². The number of hydrogen-bond acceptors (Lipinski definition) is 3. The van der Waals surface area contributed by atoms with Crippen LogP contribution in [0.4, 0.5) is 5.69 Å². The average Bonchev–Trinajstić information content (AvgIpc) is 2.39. The molecule has 2 rings (SSSR count). The van der Waals surface area contributed by atoms with Crippen LogP contribution in [0.3, 0.4) is 0 Å². The van der Waals surface area contributed by atoms with Crippen LogP contribution in [0.15, 0.2) is 53.4 Å². The minimum absolute atomic E-state index is 0.0499. The maximum atomic E-state index is 12.2. The zero-order valence-corrected chi connectivity index (χ0v) is 11.8. The van der Waals surface area contributed by atoms with Gasteiger partial charge in [-0.15, -0.1) is 0 Å². The molecule has 0 unspecified atom stereocenters. The van der Waals surface area contributed by atoms with E-state index in [0.717, 1.165) is 0 Å². The molecule has 2 aromatic carbocycles. The average molecular weight is 311 g/mol. The van der Waals surface area contributed by atoms with Gasteiger partial charge < -0.3 is 5.73 Å². The molecule has 0 aliphatic carbocycles. The smallest absolute Gasteiger partial charge is 0.261 e. The lowest BCUT2D eigenvalue weighted by molar-refractivity contribution is 0.100. The summed E-state index contributed by atoms with van der Waals surface area (Å²) in [7, 11) is -3.80. The first-order chi connectivity index (χ1) is 9.40. The van der Waals surface area contributed by atoms with Gasteiger partial charge in [0.1, 0.15) is 0 Å². The highest BCUT2D eigenvalue weighted by atomic mass is 35.5. The second-order valence-corrected chi connectivity index (χ2v) is 6.09. The number of amides is 1. The van der Waals surface area contributed by atoms with Crippen molar-refractivity contribution in [3.05, 3.63) is 59.1 Å². The highest BCUT2D eigenvalue weighted by Crippen LogP contribution is 2.23. The summed E-state index contributed by atoms with van der Waals surface area (Å²) in [4.78, 5) is 11.4. The number of carbonyl (C=O) groups excluding carboxylic acids is 1. The number of halogens is 1. The fraction of sp³-hybridized carbons (Fsp3) is 0. The van der Waals surface area contributed by atoms with E-state index in [1.165, 1.54) is 30.3 Å². The Morgan fingerprint density at radius 1 is 1.10 bits per heavy atom. The van der Waals surface area contributed by atoms with Gasteiger partial charge in [-0.25, -0.2) is 8.42 Å². The molecule has 0 atom stereocenters. The van der Waals surface area contributed by atoms with Crippen molar-refractivity contribution in [2.24, 2.45) is 5.73 Å². The van der Waals surface area contributed by atoms with Crippen molar-refractivity contribution < 1.29 is 13.2 Å². The molecule has 0 saturated heterocycles. The van der Waals surface area contributed by atoms with Crippen LogP contribution >= 0.6 is 11.6 Å². The van der Waals surface area contributed by atoms with E-state index in [-0.39, 0.29) is 16.1 Å². The van der Waals surface area contributed by atoms with Gasteiger partial charge in [0.05, 0.1) is 16.1 Å². The summed E-state index contributed by atoms with van der Waals surface area (Å²) in [6.07, 6.45) is 0. The maximum Gasteiger partial charge on any atom is 0.261 e. The molecule has 0 aliphatic rings. The first-order valence-electron chi connectivity index (χ1n) is 5.57. The molecule has 7 heteroatoms. The van der Waals surface area contributed by atoms with Gasteiger partial charge >= 0.3 is 0 Å². The van der Waals surface area contributed by atoms with E-state index in [1.807, 2.05) is 0 Å². The lowest BCUT2D eigenvalue weighted by Crippen LogP contribution is -2.18. The lowest BCUT2D eigenvalue weighted by Gasteiger charge is -2.11. The van der Waals surface area contributed by atoms with E-state index in [1.54, 1.807) is 18.2 Å². The molecule has 5 nitrogen and oxygen atoms in total. The first kappa shape index (κ1) is 14.4. The van der Waals surface area contributed by atoms with Gasteiger partial charge in [0.25, 0.3) is 15.9 Å². The van der Waals surface area contributed by atoms with Gasteiger partial charge in [0.2, 0.25) is 0 Å². The Hall–Kier alpha value is -2.05. The molecule has 0 fully saturated rings. The summed E-state index contributed by atoms with van der Waals surface area (Å²) in [5.74, 6) is -0.743. The third kappa shape index (κ3) is 3.09. The molecular weight excluding hydrogens is 300 g/mol. The Bertz CT molecular complexity index is 745. The molecule has 0 saturated carbocycles. The fourth-order valence-corrected chi connectivity index (χ4v) is 2.88. The van der Waals surface area contributed by atoms with Gasteiger partial charge in [-0.2, -0.15) is 0 Å². The second-order valence-electron chi connectivity index (χ2n) is 3.97. The second kappa shape index (κ2) is 5.52. The van der Waals surface area contributed by atoms with Gasteiger partial charge in [-0.05, 0) is 30.3 Å². The van der Waals surface area contributed by atoms with Crippen molar-refractivity contribution in [2.45, 2.75) is 4.90 Å². The summed E-state index contributed by atoms with van der Waals surface area (Å²) in [5.41, 5.74) is 5.31.